The summed E-state index contributed by atoms with van der Waals surface area (Å²) >= 11 is 0. The van der Waals surface area contributed by atoms with Gasteiger partial charge >= 0.3 is 0 Å². The molecule has 0 atom stereocenters. The molecular weight excluding hydrogens is 857 g/mol. The van der Waals surface area contributed by atoms with Gasteiger partial charge in [-0.25, -0.2) is 0 Å². The molecule has 0 aliphatic carbocycles. The van der Waals surface area contributed by atoms with E-state index < -0.39 is 0 Å². The van der Waals surface area contributed by atoms with Gasteiger partial charge in [-0.2, -0.15) is 10.5 Å². The Hall–Kier alpha value is -9.88. The van der Waals surface area contributed by atoms with Crippen molar-refractivity contribution >= 4 is 109 Å². The summed E-state index contributed by atoms with van der Waals surface area (Å²) < 4.78 is 17.1. The second-order valence-corrected chi connectivity index (χ2v) is 18.2. The lowest BCUT2D eigenvalue weighted by Gasteiger charge is -2.16. The van der Waals surface area contributed by atoms with Gasteiger partial charge in [0, 0.05) is 43.1 Å². The number of aromatic nitrogens is 2. The summed E-state index contributed by atoms with van der Waals surface area (Å²) in [6.07, 6.45) is 0. The molecule has 6 nitrogen and oxygen atoms in total. The normalized spacial score (nSPS) is 12.0. The van der Waals surface area contributed by atoms with Crippen LogP contribution in [-0.4, -0.2) is 9.13 Å². The Labute approximate surface area is 398 Å². The lowest BCUT2D eigenvalue weighted by molar-refractivity contribution is 0.668. The maximum atomic E-state index is 11.0. The van der Waals surface area contributed by atoms with Crippen LogP contribution in [0.1, 0.15) is 11.1 Å². The van der Waals surface area contributed by atoms with E-state index >= 15 is 0 Å². The molecule has 0 fully saturated rings. The Morgan fingerprint density at radius 2 is 0.686 bits per heavy atom. The molecule has 0 N–H and O–H groups in total. The molecule has 0 saturated carbocycles. The van der Waals surface area contributed by atoms with Crippen molar-refractivity contribution in [2.75, 3.05) is 0 Å². The number of para-hydroxylation sites is 2. The Bertz CT molecular complexity index is 4570. The summed E-state index contributed by atoms with van der Waals surface area (Å²) in [6.45, 7) is 0. The van der Waals surface area contributed by atoms with Crippen LogP contribution in [0.5, 0.6) is 0 Å². The predicted molar refractivity (Wildman–Crippen MR) is 285 cm³/mol. The molecule has 0 unspecified atom stereocenters. The van der Waals surface area contributed by atoms with Crippen LogP contribution in [0.4, 0.5) is 0 Å². The third-order valence-electron chi connectivity index (χ3n) is 14.6. The molecule has 0 bridgehead atoms. The van der Waals surface area contributed by atoms with Crippen molar-refractivity contribution in [3.8, 4) is 45.8 Å². The highest BCUT2D eigenvalue weighted by molar-refractivity contribution is 6.24. The first-order valence-electron chi connectivity index (χ1n) is 23.3. The molecule has 0 aliphatic heterocycles. The molecule has 322 valence electrons. The van der Waals surface area contributed by atoms with Crippen LogP contribution in [-0.2, 0) is 0 Å². The predicted octanol–water partition coefficient (Wildman–Crippen LogP) is 17.1. The van der Waals surface area contributed by atoms with Gasteiger partial charge in [-0.05, 0) is 129 Å². The second-order valence-electron chi connectivity index (χ2n) is 18.2. The SMILES string of the molecule is N#Cc1cc(C#N)c(-n2c3ccc(-c4ccc5c(c4)oc4ccccc45)cc3c3c4ccccc4ccc32)cc1-n1c2ccc(-c3ccc4c(c3)oc3ccccc34)cc2c2c3ccccc3ccc21. The van der Waals surface area contributed by atoms with E-state index in [1.165, 1.54) is 0 Å². The monoisotopic (exact) mass is 890 g/mol. The molecule has 0 radical (unpaired) electrons. The van der Waals surface area contributed by atoms with Gasteiger partial charge in [0.1, 0.15) is 34.5 Å². The molecule has 0 saturated heterocycles. The summed E-state index contributed by atoms with van der Waals surface area (Å²) in [5, 5.41) is 35.2. The van der Waals surface area contributed by atoms with E-state index in [2.05, 4.69) is 179 Å². The van der Waals surface area contributed by atoms with E-state index in [1.54, 1.807) is 6.07 Å². The highest BCUT2D eigenvalue weighted by atomic mass is 16.3. The number of hydrogen-bond acceptors (Lipinski definition) is 4. The minimum absolute atomic E-state index is 0.404. The van der Waals surface area contributed by atoms with E-state index in [1.807, 2.05) is 42.5 Å². The second kappa shape index (κ2) is 14.3. The van der Waals surface area contributed by atoms with E-state index in [0.29, 0.717) is 22.5 Å². The first-order chi connectivity index (χ1) is 34.6. The van der Waals surface area contributed by atoms with Gasteiger partial charge in [0.2, 0.25) is 0 Å². The molecule has 15 rings (SSSR count). The summed E-state index contributed by atoms with van der Waals surface area (Å²) in [7, 11) is 0. The molecule has 0 aliphatic rings. The summed E-state index contributed by atoms with van der Waals surface area (Å²) in [6, 6.07) is 76.8. The quantitative estimate of drug-likeness (QED) is 0.176. The minimum Gasteiger partial charge on any atom is -0.456 e. The largest absolute Gasteiger partial charge is 0.456 e. The zero-order valence-electron chi connectivity index (χ0n) is 37.2. The molecular formula is C64H34N4O2. The zero-order chi connectivity index (χ0) is 46.2. The molecule has 4 aromatic heterocycles. The standard InChI is InChI=1S/C64H34N4O2/c65-35-43-29-44(36-66)58(68-54-26-22-40(31-52(54)64-46-12-4-2-10-38(46)20-28-56(64)68)42-18-24-50-48-14-6-8-16-60(48)70-62(50)33-42)34-57(43)67-53-25-21-39(30-51(53)63-45-11-3-1-9-37(45)19-27-55(63)67)41-17-23-49-47-13-5-7-15-59(47)69-61(49)32-41/h1-34H. The van der Waals surface area contributed by atoms with Crippen molar-refractivity contribution in [3.05, 3.63) is 217 Å². The highest BCUT2D eigenvalue weighted by Crippen LogP contribution is 2.44. The van der Waals surface area contributed by atoms with Crippen molar-refractivity contribution in [1.29, 1.82) is 10.5 Å². The van der Waals surface area contributed by atoms with Crippen LogP contribution in [0.15, 0.2) is 215 Å². The Morgan fingerprint density at radius 1 is 0.300 bits per heavy atom. The number of hydrogen-bond donors (Lipinski definition) is 0. The Kier molecular flexibility index (Phi) is 7.82. The molecule has 0 amide bonds. The summed E-state index contributed by atoms with van der Waals surface area (Å²) in [4.78, 5) is 0. The van der Waals surface area contributed by atoms with Gasteiger partial charge < -0.3 is 18.0 Å². The lowest BCUT2D eigenvalue weighted by atomic mass is 9.99. The highest BCUT2D eigenvalue weighted by Gasteiger charge is 2.24. The van der Waals surface area contributed by atoms with Gasteiger partial charge in [-0.1, -0.05) is 121 Å². The van der Waals surface area contributed by atoms with Crippen LogP contribution >= 0.6 is 0 Å². The lowest BCUT2D eigenvalue weighted by Crippen LogP contribution is -2.04. The average molecular weight is 891 g/mol. The maximum absolute atomic E-state index is 11.0. The first-order valence-corrected chi connectivity index (χ1v) is 23.3. The van der Waals surface area contributed by atoms with Crippen molar-refractivity contribution in [2.45, 2.75) is 0 Å². The van der Waals surface area contributed by atoms with Crippen LogP contribution in [0, 0.1) is 22.7 Å². The Morgan fingerprint density at radius 3 is 1.16 bits per heavy atom. The molecule has 15 aromatic rings. The van der Waals surface area contributed by atoms with Crippen molar-refractivity contribution in [1.82, 2.24) is 9.13 Å². The van der Waals surface area contributed by atoms with Crippen molar-refractivity contribution in [3.63, 3.8) is 0 Å². The molecule has 4 heterocycles. The van der Waals surface area contributed by atoms with Crippen molar-refractivity contribution in [2.24, 2.45) is 0 Å². The van der Waals surface area contributed by atoms with Crippen LogP contribution < -0.4 is 0 Å². The number of benzene rings is 11. The smallest absolute Gasteiger partial charge is 0.136 e. The number of rotatable bonds is 4. The molecule has 11 aromatic carbocycles. The molecule has 0 spiro atoms. The number of nitrogens with zero attached hydrogens (tertiary/aromatic N) is 4. The van der Waals surface area contributed by atoms with Crippen LogP contribution in [0.2, 0.25) is 0 Å². The zero-order valence-corrected chi connectivity index (χ0v) is 37.2. The van der Waals surface area contributed by atoms with Gasteiger partial charge in [0.25, 0.3) is 0 Å². The summed E-state index contributed by atoms with van der Waals surface area (Å²) in [5.41, 5.74) is 13.6. The van der Waals surface area contributed by atoms with Crippen molar-refractivity contribution < 1.29 is 8.83 Å². The fraction of sp³-hybridized carbons (Fsp3) is 0. The number of nitriles is 2. The molecule has 70 heavy (non-hydrogen) atoms. The van der Waals surface area contributed by atoms with E-state index in [4.69, 9.17) is 8.83 Å². The van der Waals surface area contributed by atoms with Gasteiger partial charge in [-0.15, -0.1) is 0 Å². The molecule has 6 heteroatoms. The van der Waals surface area contributed by atoms with Crippen LogP contribution in [0.25, 0.3) is 143 Å². The third kappa shape index (κ3) is 5.36. The van der Waals surface area contributed by atoms with Gasteiger partial charge in [0.05, 0.1) is 44.6 Å². The fourth-order valence-corrected chi connectivity index (χ4v) is 11.4. The maximum Gasteiger partial charge on any atom is 0.136 e. The van der Waals surface area contributed by atoms with E-state index in [0.717, 1.165) is 131 Å². The summed E-state index contributed by atoms with van der Waals surface area (Å²) in [5.74, 6) is 0. The number of furan rings is 2. The Balaban J connectivity index is 0.975. The average Bonchev–Trinajstić information content (AvgIpc) is 4.17. The number of fused-ring (bicyclic) bond motifs is 16. The minimum atomic E-state index is 0.404. The third-order valence-corrected chi connectivity index (χ3v) is 14.6. The van der Waals surface area contributed by atoms with E-state index in [-0.39, 0.29) is 0 Å². The van der Waals surface area contributed by atoms with E-state index in [9.17, 15) is 10.5 Å². The topological polar surface area (TPSA) is 83.7 Å². The van der Waals surface area contributed by atoms with Gasteiger partial charge in [0.15, 0.2) is 0 Å². The van der Waals surface area contributed by atoms with Crippen LogP contribution in [0.3, 0.4) is 0 Å². The van der Waals surface area contributed by atoms with Gasteiger partial charge in [-0.3, -0.25) is 0 Å². The fourth-order valence-electron chi connectivity index (χ4n) is 11.4. The first kappa shape index (κ1) is 38.2.